The molecule has 3 nitrogen and oxygen atoms in total. The van der Waals surface area contributed by atoms with Crippen molar-refractivity contribution in [1.29, 1.82) is 0 Å². The van der Waals surface area contributed by atoms with Crippen molar-refractivity contribution in [3.05, 3.63) is 36.1 Å². The van der Waals surface area contributed by atoms with Crippen molar-refractivity contribution in [3.8, 4) is 0 Å². The minimum Gasteiger partial charge on any atom is -0.461 e. The lowest BCUT2D eigenvalue weighted by molar-refractivity contribution is 0.171. The molecule has 16 heavy (non-hydrogen) atoms. The van der Waals surface area contributed by atoms with Crippen LogP contribution in [0, 0.1) is 0 Å². The van der Waals surface area contributed by atoms with Crippen LogP contribution in [0.15, 0.2) is 34.7 Å². The molecule has 2 aromatic rings. The number of para-hydroxylation sites is 1. The normalized spacial score (nSPS) is 15.2. The first-order chi connectivity index (χ1) is 7.70. The summed E-state index contributed by atoms with van der Waals surface area (Å²) in [5.74, 6) is 0.956. The molecule has 2 rings (SSSR count). The Hall–Kier alpha value is -1.32. The number of aliphatic hydroxyl groups excluding tert-OH is 1. The zero-order chi connectivity index (χ0) is 11.5. The molecule has 0 saturated carbocycles. The van der Waals surface area contributed by atoms with Gasteiger partial charge in [0, 0.05) is 17.8 Å². The molecule has 0 fully saturated rings. The Balaban J connectivity index is 2.30. The number of furan rings is 1. The molecule has 0 amide bonds. The summed E-state index contributed by atoms with van der Waals surface area (Å²) in [6.45, 7) is 2.26. The predicted molar refractivity (Wildman–Crippen MR) is 64.3 cm³/mol. The fourth-order valence-electron chi connectivity index (χ4n) is 1.94. The average molecular weight is 219 g/mol. The van der Waals surface area contributed by atoms with Gasteiger partial charge in [0.1, 0.15) is 11.3 Å². The molecule has 3 N–H and O–H groups in total. The van der Waals surface area contributed by atoms with Crippen LogP contribution in [0.5, 0.6) is 0 Å². The third-order valence-corrected chi connectivity index (χ3v) is 2.76. The molecule has 2 atom stereocenters. The van der Waals surface area contributed by atoms with Crippen molar-refractivity contribution in [2.45, 2.75) is 25.4 Å². The predicted octanol–water partition coefficient (Wildman–Crippen LogP) is 2.25. The quantitative estimate of drug-likeness (QED) is 0.829. The Morgan fingerprint density at radius 2 is 2.12 bits per heavy atom. The van der Waals surface area contributed by atoms with E-state index in [9.17, 15) is 5.11 Å². The summed E-state index contributed by atoms with van der Waals surface area (Å²) in [4.78, 5) is 0. The third kappa shape index (κ3) is 2.26. The van der Waals surface area contributed by atoms with Crippen molar-refractivity contribution in [2.75, 3.05) is 6.54 Å². The largest absolute Gasteiger partial charge is 0.461 e. The highest BCUT2D eigenvalue weighted by atomic mass is 16.3. The van der Waals surface area contributed by atoms with E-state index in [1.165, 1.54) is 0 Å². The van der Waals surface area contributed by atoms with Gasteiger partial charge in [0.15, 0.2) is 0 Å². The molecule has 86 valence electrons. The van der Waals surface area contributed by atoms with Crippen molar-refractivity contribution >= 4 is 11.0 Å². The molecule has 0 bridgehead atoms. The molecule has 1 aromatic heterocycles. The number of benzene rings is 1. The summed E-state index contributed by atoms with van der Waals surface area (Å²) in [5, 5.41) is 10.5. The zero-order valence-corrected chi connectivity index (χ0v) is 9.39. The third-order valence-electron chi connectivity index (χ3n) is 2.76. The number of rotatable bonds is 4. The van der Waals surface area contributed by atoms with Gasteiger partial charge in [0.25, 0.3) is 0 Å². The molecule has 0 saturated heterocycles. The van der Waals surface area contributed by atoms with Crippen molar-refractivity contribution < 1.29 is 9.52 Å². The standard InChI is InChI=1S/C13H17NO2/c1-9(15)6-11(8-14)13-7-10-4-2-3-5-12(10)16-13/h2-5,7,9,11,15H,6,8,14H2,1H3. The highest BCUT2D eigenvalue weighted by Crippen LogP contribution is 2.27. The molecule has 3 heteroatoms. The van der Waals surface area contributed by atoms with Crippen LogP contribution in [-0.2, 0) is 0 Å². The molecular formula is C13H17NO2. The minimum absolute atomic E-state index is 0.0902. The van der Waals surface area contributed by atoms with Gasteiger partial charge in [-0.25, -0.2) is 0 Å². The lowest BCUT2D eigenvalue weighted by atomic mass is 9.99. The van der Waals surface area contributed by atoms with Crippen LogP contribution in [0.1, 0.15) is 25.0 Å². The van der Waals surface area contributed by atoms with Crippen LogP contribution in [0.4, 0.5) is 0 Å². The first-order valence-corrected chi connectivity index (χ1v) is 5.57. The molecule has 1 aromatic carbocycles. The maximum absolute atomic E-state index is 9.39. The number of aliphatic hydroxyl groups is 1. The van der Waals surface area contributed by atoms with E-state index in [4.69, 9.17) is 10.2 Å². The maximum Gasteiger partial charge on any atom is 0.134 e. The SMILES string of the molecule is CC(O)CC(CN)c1cc2ccccc2o1. The molecule has 0 aliphatic heterocycles. The van der Waals surface area contributed by atoms with Gasteiger partial charge in [0.2, 0.25) is 0 Å². The number of nitrogens with two attached hydrogens (primary N) is 1. The van der Waals surface area contributed by atoms with E-state index in [2.05, 4.69) is 0 Å². The van der Waals surface area contributed by atoms with Gasteiger partial charge in [-0.05, 0) is 25.5 Å². The minimum atomic E-state index is -0.359. The zero-order valence-electron chi connectivity index (χ0n) is 9.39. The van der Waals surface area contributed by atoms with Crippen LogP contribution >= 0.6 is 0 Å². The summed E-state index contributed by atoms with van der Waals surface area (Å²) in [7, 11) is 0. The van der Waals surface area contributed by atoms with E-state index < -0.39 is 0 Å². The van der Waals surface area contributed by atoms with Gasteiger partial charge >= 0.3 is 0 Å². The summed E-state index contributed by atoms with van der Waals surface area (Å²) in [6, 6.07) is 9.89. The topological polar surface area (TPSA) is 59.4 Å². The van der Waals surface area contributed by atoms with Crippen LogP contribution < -0.4 is 5.73 Å². The van der Waals surface area contributed by atoms with Gasteiger partial charge in [-0.3, -0.25) is 0 Å². The number of hydrogen-bond acceptors (Lipinski definition) is 3. The fourth-order valence-corrected chi connectivity index (χ4v) is 1.94. The second-order valence-electron chi connectivity index (χ2n) is 4.20. The van der Waals surface area contributed by atoms with Gasteiger partial charge in [0.05, 0.1) is 6.10 Å². The summed E-state index contributed by atoms with van der Waals surface area (Å²) in [6.07, 6.45) is 0.276. The molecule has 0 radical (unpaired) electrons. The van der Waals surface area contributed by atoms with Crippen molar-refractivity contribution in [3.63, 3.8) is 0 Å². The second-order valence-corrected chi connectivity index (χ2v) is 4.20. The van der Waals surface area contributed by atoms with Crippen LogP contribution in [0.2, 0.25) is 0 Å². The molecule has 1 heterocycles. The highest BCUT2D eigenvalue weighted by molar-refractivity contribution is 5.77. The molecule has 0 aliphatic carbocycles. The molecule has 2 unspecified atom stereocenters. The van der Waals surface area contributed by atoms with Crippen LogP contribution in [0.25, 0.3) is 11.0 Å². The lowest BCUT2D eigenvalue weighted by Crippen LogP contribution is -2.16. The first kappa shape index (κ1) is 11.2. The summed E-state index contributed by atoms with van der Waals surface area (Å²) in [5.41, 5.74) is 6.58. The summed E-state index contributed by atoms with van der Waals surface area (Å²) < 4.78 is 5.73. The van der Waals surface area contributed by atoms with E-state index in [0.29, 0.717) is 13.0 Å². The average Bonchev–Trinajstić information content (AvgIpc) is 2.68. The molecular weight excluding hydrogens is 202 g/mol. The summed E-state index contributed by atoms with van der Waals surface area (Å²) >= 11 is 0. The Morgan fingerprint density at radius 3 is 2.75 bits per heavy atom. The fraction of sp³-hybridized carbons (Fsp3) is 0.385. The van der Waals surface area contributed by atoms with E-state index in [1.807, 2.05) is 30.3 Å². The van der Waals surface area contributed by atoms with E-state index in [1.54, 1.807) is 6.92 Å². The molecule has 0 aliphatic rings. The van der Waals surface area contributed by atoms with Crippen molar-refractivity contribution in [1.82, 2.24) is 0 Å². The van der Waals surface area contributed by atoms with Crippen LogP contribution in [-0.4, -0.2) is 17.8 Å². The lowest BCUT2D eigenvalue weighted by Gasteiger charge is -2.13. The Labute approximate surface area is 94.9 Å². The Morgan fingerprint density at radius 1 is 1.38 bits per heavy atom. The van der Waals surface area contributed by atoms with Gasteiger partial charge in [-0.15, -0.1) is 0 Å². The molecule has 0 spiro atoms. The number of hydrogen-bond donors (Lipinski definition) is 2. The second kappa shape index (κ2) is 4.68. The van der Waals surface area contributed by atoms with E-state index >= 15 is 0 Å². The smallest absolute Gasteiger partial charge is 0.134 e. The van der Waals surface area contributed by atoms with Crippen LogP contribution in [0.3, 0.4) is 0 Å². The maximum atomic E-state index is 9.39. The van der Waals surface area contributed by atoms with E-state index in [-0.39, 0.29) is 12.0 Å². The Kier molecular flexibility index (Phi) is 3.27. The van der Waals surface area contributed by atoms with Gasteiger partial charge in [-0.1, -0.05) is 18.2 Å². The van der Waals surface area contributed by atoms with Crippen molar-refractivity contribution in [2.24, 2.45) is 5.73 Å². The highest BCUT2D eigenvalue weighted by Gasteiger charge is 2.16. The van der Waals surface area contributed by atoms with Gasteiger partial charge in [-0.2, -0.15) is 0 Å². The monoisotopic (exact) mass is 219 g/mol. The Bertz CT molecular complexity index is 429. The first-order valence-electron chi connectivity index (χ1n) is 5.57. The van der Waals surface area contributed by atoms with Gasteiger partial charge < -0.3 is 15.3 Å². The number of fused-ring (bicyclic) bond motifs is 1. The van der Waals surface area contributed by atoms with E-state index in [0.717, 1.165) is 16.7 Å².